The molecule has 1 rings (SSSR count). The van der Waals surface area contributed by atoms with Gasteiger partial charge in [0.25, 0.3) is 0 Å². The van der Waals surface area contributed by atoms with Crippen LogP contribution in [0.25, 0.3) is 0 Å². The van der Waals surface area contributed by atoms with Gasteiger partial charge < -0.3 is 4.98 Å². The maximum atomic E-state index is 11.6. The van der Waals surface area contributed by atoms with E-state index < -0.39 is 0 Å². The number of carbonyl (C=O) groups excluding carboxylic acids is 1. The highest BCUT2D eigenvalue weighted by atomic mass is 16.1. The van der Waals surface area contributed by atoms with Crippen LogP contribution in [0.5, 0.6) is 0 Å². The predicted molar refractivity (Wildman–Crippen MR) is 55.5 cm³/mol. The molecule has 1 heterocycles. The Bertz CT molecular complexity index is 385. The van der Waals surface area contributed by atoms with Crippen molar-refractivity contribution in [2.75, 3.05) is 0 Å². The second-order valence-corrected chi connectivity index (χ2v) is 4.59. The molecule has 0 spiro atoms. The fraction of sp³-hybridized carbons (Fsp3) is 0.455. The number of aromatic nitrogens is 1. The van der Waals surface area contributed by atoms with Gasteiger partial charge in [0.15, 0.2) is 5.78 Å². The normalized spacial score (nSPS) is 11.4. The third-order valence-corrected chi connectivity index (χ3v) is 1.76. The summed E-state index contributed by atoms with van der Waals surface area (Å²) >= 11 is 0. The summed E-state index contributed by atoms with van der Waals surface area (Å²) in [6.07, 6.45) is 0.437. The first-order valence-corrected chi connectivity index (χ1v) is 4.61. The van der Waals surface area contributed by atoms with Gasteiger partial charge >= 0.3 is 0 Å². The molecule has 1 aromatic rings. The average Bonchev–Trinajstić information content (AvgIpc) is 2.01. The molecule has 0 atom stereocenters. The van der Waals surface area contributed by atoms with Crippen molar-refractivity contribution in [3.63, 3.8) is 0 Å². The number of hydrogen-bond donors (Lipinski definition) is 1. The highest BCUT2D eigenvalue weighted by Crippen LogP contribution is 2.20. The van der Waals surface area contributed by atoms with Crippen LogP contribution in [0.3, 0.4) is 0 Å². The zero-order chi connectivity index (χ0) is 10.8. The van der Waals surface area contributed by atoms with Gasteiger partial charge in [-0.15, -0.1) is 0 Å². The molecule has 0 unspecified atom stereocenters. The van der Waals surface area contributed by atoms with Crippen LogP contribution in [0, 0.1) is 5.41 Å². The van der Waals surface area contributed by atoms with Crippen molar-refractivity contribution in [3.8, 4) is 0 Å². The molecule has 3 heteroatoms. The molecule has 1 aromatic heterocycles. The van der Waals surface area contributed by atoms with Gasteiger partial charge in [0.05, 0.1) is 5.69 Å². The SMILES string of the molecule is CC(C)(C)CC(=O)c1cccc(=O)[nH]1. The molecule has 0 saturated heterocycles. The predicted octanol–water partition coefficient (Wildman–Crippen LogP) is 1.99. The first-order chi connectivity index (χ1) is 6.38. The molecule has 0 amide bonds. The van der Waals surface area contributed by atoms with Gasteiger partial charge in [0.1, 0.15) is 0 Å². The molecule has 0 saturated carbocycles. The second kappa shape index (κ2) is 3.78. The van der Waals surface area contributed by atoms with Gasteiger partial charge in [-0.3, -0.25) is 9.59 Å². The van der Waals surface area contributed by atoms with Crippen LogP contribution in [-0.4, -0.2) is 10.8 Å². The van der Waals surface area contributed by atoms with E-state index >= 15 is 0 Å². The van der Waals surface area contributed by atoms with Crippen molar-refractivity contribution in [1.29, 1.82) is 0 Å². The molecule has 14 heavy (non-hydrogen) atoms. The van der Waals surface area contributed by atoms with Crippen LogP contribution < -0.4 is 5.56 Å². The number of hydrogen-bond acceptors (Lipinski definition) is 2. The van der Waals surface area contributed by atoms with Crippen LogP contribution in [0.15, 0.2) is 23.0 Å². The number of Topliss-reactive ketones (excluding diaryl/α,β-unsaturated/α-hetero) is 1. The molecule has 1 N–H and O–H groups in total. The van der Waals surface area contributed by atoms with E-state index in [0.29, 0.717) is 12.1 Å². The summed E-state index contributed by atoms with van der Waals surface area (Å²) in [6.45, 7) is 5.98. The van der Waals surface area contributed by atoms with E-state index in [2.05, 4.69) is 4.98 Å². The largest absolute Gasteiger partial charge is 0.319 e. The topological polar surface area (TPSA) is 49.9 Å². The molecule has 0 aliphatic carbocycles. The number of pyridine rings is 1. The summed E-state index contributed by atoms with van der Waals surface area (Å²) < 4.78 is 0. The standard InChI is InChI=1S/C11H15NO2/c1-11(2,3)7-9(13)8-5-4-6-10(14)12-8/h4-6H,7H2,1-3H3,(H,12,14). The Hall–Kier alpha value is -1.38. The number of H-pyrrole nitrogens is 1. The number of rotatable bonds is 2. The van der Waals surface area contributed by atoms with Crippen LogP contribution in [0.2, 0.25) is 0 Å². The number of nitrogens with one attached hydrogen (secondary N) is 1. The van der Waals surface area contributed by atoms with Gasteiger partial charge in [-0.05, 0) is 11.5 Å². The van der Waals surface area contributed by atoms with Gasteiger partial charge in [-0.25, -0.2) is 0 Å². The van der Waals surface area contributed by atoms with Gasteiger partial charge in [0, 0.05) is 12.5 Å². The van der Waals surface area contributed by atoms with E-state index in [1.54, 1.807) is 12.1 Å². The third-order valence-electron chi connectivity index (χ3n) is 1.76. The second-order valence-electron chi connectivity index (χ2n) is 4.59. The fourth-order valence-corrected chi connectivity index (χ4v) is 1.19. The Labute approximate surface area is 83.2 Å². The lowest BCUT2D eigenvalue weighted by Crippen LogP contribution is -2.17. The summed E-state index contributed by atoms with van der Waals surface area (Å²) in [5.41, 5.74) is 0.112. The minimum Gasteiger partial charge on any atom is -0.319 e. The summed E-state index contributed by atoms with van der Waals surface area (Å²) in [7, 11) is 0. The third kappa shape index (κ3) is 3.17. The molecular weight excluding hydrogens is 178 g/mol. The lowest BCUT2D eigenvalue weighted by Gasteiger charge is -2.16. The highest BCUT2D eigenvalue weighted by Gasteiger charge is 2.17. The maximum absolute atomic E-state index is 11.6. The van der Waals surface area contributed by atoms with Crippen molar-refractivity contribution in [3.05, 3.63) is 34.2 Å². The van der Waals surface area contributed by atoms with Crippen LogP contribution >= 0.6 is 0 Å². The van der Waals surface area contributed by atoms with Crippen LogP contribution in [-0.2, 0) is 0 Å². The number of ketones is 1. The van der Waals surface area contributed by atoms with E-state index in [4.69, 9.17) is 0 Å². The van der Waals surface area contributed by atoms with Crippen molar-refractivity contribution in [2.24, 2.45) is 5.41 Å². The van der Waals surface area contributed by atoms with Gasteiger partial charge in [-0.2, -0.15) is 0 Å². The summed E-state index contributed by atoms with van der Waals surface area (Å²) in [6, 6.07) is 4.62. The van der Waals surface area contributed by atoms with E-state index in [1.807, 2.05) is 20.8 Å². The monoisotopic (exact) mass is 193 g/mol. The fourth-order valence-electron chi connectivity index (χ4n) is 1.19. The van der Waals surface area contributed by atoms with Gasteiger partial charge in [-0.1, -0.05) is 26.8 Å². The van der Waals surface area contributed by atoms with Crippen molar-refractivity contribution in [1.82, 2.24) is 4.98 Å². The van der Waals surface area contributed by atoms with Crippen molar-refractivity contribution >= 4 is 5.78 Å². The first kappa shape index (κ1) is 10.7. The van der Waals surface area contributed by atoms with Crippen molar-refractivity contribution in [2.45, 2.75) is 27.2 Å². The average molecular weight is 193 g/mol. The first-order valence-electron chi connectivity index (χ1n) is 4.61. The Kier molecular flexibility index (Phi) is 2.89. The molecule has 0 radical (unpaired) electrons. The maximum Gasteiger partial charge on any atom is 0.248 e. The lowest BCUT2D eigenvalue weighted by molar-refractivity contribution is 0.0934. The minimum atomic E-state index is -0.232. The number of aromatic amines is 1. The molecule has 0 aliphatic heterocycles. The van der Waals surface area contributed by atoms with E-state index in [9.17, 15) is 9.59 Å². The Balaban J connectivity index is 2.86. The zero-order valence-electron chi connectivity index (χ0n) is 8.76. The number of carbonyl (C=O) groups is 1. The Morgan fingerprint density at radius 3 is 2.50 bits per heavy atom. The van der Waals surface area contributed by atoms with E-state index in [1.165, 1.54) is 6.07 Å². The summed E-state index contributed by atoms with van der Waals surface area (Å²) in [4.78, 5) is 25.1. The molecule has 0 fully saturated rings. The lowest BCUT2D eigenvalue weighted by atomic mass is 9.89. The zero-order valence-corrected chi connectivity index (χ0v) is 8.76. The molecule has 0 bridgehead atoms. The highest BCUT2D eigenvalue weighted by molar-refractivity contribution is 5.94. The van der Waals surface area contributed by atoms with E-state index in [0.717, 1.165) is 0 Å². The van der Waals surface area contributed by atoms with E-state index in [-0.39, 0.29) is 16.8 Å². The quantitative estimate of drug-likeness (QED) is 0.730. The van der Waals surface area contributed by atoms with Gasteiger partial charge in [0.2, 0.25) is 5.56 Å². The Morgan fingerprint density at radius 1 is 1.36 bits per heavy atom. The van der Waals surface area contributed by atoms with Crippen LogP contribution in [0.1, 0.15) is 37.7 Å². The van der Waals surface area contributed by atoms with Crippen molar-refractivity contribution < 1.29 is 4.79 Å². The Morgan fingerprint density at radius 2 is 2.00 bits per heavy atom. The minimum absolute atomic E-state index is 0.0183. The molecule has 0 aromatic carbocycles. The summed E-state index contributed by atoms with van der Waals surface area (Å²) in [5.74, 6) is -0.0183. The molecule has 0 aliphatic rings. The molecule has 76 valence electrons. The summed E-state index contributed by atoms with van der Waals surface area (Å²) in [5, 5.41) is 0. The smallest absolute Gasteiger partial charge is 0.248 e. The molecule has 3 nitrogen and oxygen atoms in total. The van der Waals surface area contributed by atoms with Crippen LogP contribution in [0.4, 0.5) is 0 Å². The molecular formula is C11H15NO2.